The summed E-state index contributed by atoms with van der Waals surface area (Å²) in [6.45, 7) is 7.16. The Balaban J connectivity index is 1.49. The Bertz CT molecular complexity index is 614. The molecule has 0 aromatic heterocycles. The molecule has 6 heteroatoms. The number of nitrogens with zero attached hydrogens (tertiary/aromatic N) is 3. The lowest BCUT2D eigenvalue weighted by Gasteiger charge is -2.36. The lowest BCUT2D eigenvalue weighted by Crippen LogP contribution is -2.50. The molecule has 0 aliphatic carbocycles. The van der Waals surface area contributed by atoms with Crippen LogP contribution >= 0.6 is 0 Å². The second-order valence-electron chi connectivity index (χ2n) is 7.34. The van der Waals surface area contributed by atoms with Crippen molar-refractivity contribution in [3.8, 4) is 0 Å². The number of methoxy groups -OCH3 is 1. The maximum Gasteiger partial charge on any atom is 0.228 e. The molecule has 2 saturated heterocycles. The molecule has 2 aliphatic rings. The number of hydrogen-bond acceptors (Lipinski definition) is 4. The fourth-order valence-electron chi connectivity index (χ4n) is 3.88. The van der Waals surface area contributed by atoms with Crippen molar-refractivity contribution in [1.29, 1.82) is 0 Å². The van der Waals surface area contributed by atoms with Crippen molar-refractivity contribution in [2.24, 2.45) is 5.92 Å². The van der Waals surface area contributed by atoms with Crippen molar-refractivity contribution >= 4 is 11.8 Å². The Labute approximate surface area is 155 Å². The molecule has 142 valence electrons. The standard InChI is InChI=1S/C20H29N3O3/c1-16(15-26-2)23-14-18(12-19(23)24)20(25)22-10-8-21(9-11-22)13-17-6-4-3-5-7-17/h3-7,16,18H,8-15H2,1-2H3/t16-,18+/m1/s1. The number of carbonyl (C=O) groups excluding carboxylic acids is 2. The van der Waals surface area contributed by atoms with E-state index in [1.54, 1.807) is 12.0 Å². The van der Waals surface area contributed by atoms with Crippen LogP contribution in [0.3, 0.4) is 0 Å². The summed E-state index contributed by atoms with van der Waals surface area (Å²) in [5, 5.41) is 0. The molecule has 0 spiro atoms. The first-order chi connectivity index (χ1) is 12.6. The smallest absolute Gasteiger partial charge is 0.228 e. The maximum absolute atomic E-state index is 12.8. The molecule has 2 amide bonds. The molecular weight excluding hydrogens is 330 g/mol. The molecule has 0 bridgehead atoms. The molecule has 2 heterocycles. The number of likely N-dealkylation sites (tertiary alicyclic amines) is 1. The summed E-state index contributed by atoms with van der Waals surface area (Å²) in [5.41, 5.74) is 1.30. The van der Waals surface area contributed by atoms with Crippen LogP contribution in [-0.4, -0.2) is 79.0 Å². The molecule has 2 fully saturated rings. The average Bonchev–Trinajstić information content (AvgIpc) is 3.05. The highest BCUT2D eigenvalue weighted by Crippen LogP contribution is 2.23. The van der Waals surface area contributed by atoms with E-state index in [2.05, 4.69) is 29.2 Å². The van der Waals surface area contributed by atoms with E-state index in [-0.39, 0.29) is 23.8 Å². The molecule has 0 unspecified atom stereocenters. The SMILES string of the molecule is COC[C@@H](C)N1C[C@@H](C(=O)N2CCN(Cc3ccccc3)CC2)CC1=O. The van der Waals surface area contributed by atoms with E-state index >= 15 is 0 Å². The van der Waals surface area contributed by atoms with Gasteiger partial charge in [-0.15, -0.1) is 0 Å². The number of benzene rings is 1. The fraction of sp³-hybridized carbons (Fsp3) is 0.600. The van der Waals surface area contributed by atoms with Gasteiger partial charge in [0.1, 0.15) is 0 Å². The normalized spacial score (nSPS) is 22.7. The zero-order valence-electron chi connectivity index (χ0n) is 15.8. The van der Waals surface area contributed by atoms with Crippen molar-refractivity contribution in [2.45, 2.75) is 25.9 Å². The van der Waals surface area contributed by atoms with Gasteiger partial charge in [0.05, 0.1) is 18.6 Å². The van der Waals surface area contributed by atoms with Crippen LogP contribution in [0, 0.1) is 5.92 Å². The lowest BCUT2D eigenvalue weighted by atomic mass is 10.1. The lowest BCUT2D eigenvalue weighted by molar-refractivity contribution is -0.137. The molecule has 2 aliphatic heterocycles. The summed E-state index contributed by atoms with van der Waals surface area (Å²) >= 11 is 0. The van der Waals surface area contributed by atoms with Crippen molar-refractivity contribution in [3.63, 3.8) is 0 Å². The molecule has 26 heavy (non-hydrogen) atoms. The first-order valence-electron chi connectivity index (χ1n) is 9.42. The first kappa shape index (κ1) is 18.9. The van der Waals surface area contributed by atoms with Crippen molar-refractivity contribution < 1.29 is 14.3 Å². The predicted octanol–water partition coefficient (Wildman–Crippen LogP) is 1.21. The van der Waals surface area contributed by atoms with Crippen LogP contribution in [0.25, 0.3) is 0 Å². The first-order valence-corrected chi connectivity index (χ1v) is 9.42. The summed E-state index contributed by atoms with van der Waals surface area (Å²) in [5.74, 6) is -0.0112. The molecule has 2 atom stereocenters. The minimum absolute atomic E-state index is 0.0213. The van der Waals surface area contributed by atoms with Crippen LogP contribution in [0.15, 0.2) is 30.3 Å². The Morgan fingerprint density at radius 3 is 2.54 bits per heavy atom. The third-order valence-electron chi connectivity index (χ3n) is 5.38. The minimum atomic E-state index is -0.206. The largest absolute Gasteiger partial charge is 0.383 e. The van der Waals surface area contributed by atoms with Gasteiger partial charge in [-0.2, -0.15) is 0 Å². The highest BCUT2D eigenvalue weighted by Gasteiger charge is 2.38. The van der Waals surface area contributed by atoms with E-state index in [9.17, 15) is 9.59 Å². The van der Waals surface area contributed by atoms with Crippen molar-refractivity contribution in [3.05, 3.63) is 35.9 Å². The summed E-state index contributed by atoms with van der Waals surface area (Å²) in [7, 11) is 1.63. The number of piperazine rings is 1. The topological polar surface area (TPSA) is 53.1 Å². The number of rotatable bonds is 6. The van der Waals surface area contributed by atoms with Gasteiger partial charge < -0.3 is 14.5 Å². The van der Waals surface area contributed by atoms with Gasteiger partial charge >= 0.3 is 0 Å². The minimum Gasteiger partial charge on any atom is -0.383 e. The number of carbonyl (C=O) groups is 2. The van der Waals surface area contributed by atoms with E-state index < -0.39 is 0 Å². The summed E-state index contributed by atoms with van der Waals surface area (Å²) in [4.78, 5) is 31.2. The fourth-order valence-corrected chi connectivity index (χ4v) is 3.88. The number of amides is 2. The third-order valence-corrected chi connectivity index (χ3v) is 5.38. The molecule has 3 rings (SSSR count). The monoisotopic (exact) mass is 359 g/mol. The van der Waals surface area contributed by atoms with E-state index in [1.807, 2.05) is 17.9 Å². The Kier molecular flexibility index (Phi) is 6.27. The van der Waals surface area contributed by atoms with Gasteiger partial charge in [0.25, 0.3) is 0 Å². The Morgan fingerprint density at radius 2 is 1.88 bits per heavy atom. The van der Waals surface area contributed by atoms with Crippen molar-refractivity contribution in [1.82, 2.24) is 14.7 Å². The van der Waals surface area contributed by atoms with Crippen LogP contribution in [0.5, 0.6) is 0 Å². The molecule has 6 nitrogen and oxygen atoms in total. The van der Waals surface area contributed by atoms with E-state index in [0.29, 0.717) is 19.6 Å². The molecule has 0 N–H and O–H groups in total. The zero-order valence-corrected chi connectivity index (χ0v) is 15.8. The zero-order chi connectivity index (χ0) is 18.5. The number of ether oxygens (including phenoxy) is 1. The second kappa shape index (κ2) is 8.64. The third kappa shape index (κ3) is 4.43. The van der Waals surface area contributed by atoms with Gasteiger partial charge in [-0.1, -0.05) is 30.3 Å². The van der Waals surface area contributed by atoms with Crippen LogP contribution in [0.4, 0.5) is 0 Å². The molecule has 1 aromatic carbocycles. The van der Waals surface area contributed by atoms with Crippen LogP contribution < -0.4 is 0 Å². The molecule has 0 radical (unpaired) electrons. The highest BCUT2D eigenvalue weighted by atomic mass is 16.5. The highest BCUT2D eigenvalue weighted by molar-refractivity contribution is 5.89. The van der Waals surface area contributed by atoms with Crippen LogP contribution in [-0.2, 0) is 20.9 Å². The summed E-state index contributed by atoms with van der Waals surface area (Å²) in [6.07, 6.45) is 0.330. The van der Waals surface area contributed by atoms with Gasteiger partial charge in [-0.25, -0.2) is 0 Å². The average molecular weight is 359 g/mol. The van der Waals surface area contributed by atoms with Gasteiger partial charge in [0.2, 0.25) is 11.8 Å². The van der Waals surface area contributed by atoms with E-state index in [1.165, 1.54) is 5.56 Å². The predicted molar refractivity (Wildman–Crippen MR) is 99.5 cm³/mol. The van der Waals surface area contributed by atoms with Gasteiger partial charge in [-0.3, -0.25) is 14.5 Å². The summed E-state index contributed by atoms with van der Waals surface area (Å²) in [6, 6.07) is 10.4. The van der Waals surface area contributed by atoms with Gasteiger partial charge in [-0.05, 0) is 12.5 Å². The molecule has 0 saturated carbocycles. The van der Waals surface area contributed by atoms with Gasteiger partial charge in [0.15, 0.2) is 0 Å². The maximum atomic E-state index is 12.8. The Morgan fingerprint density at radius 1 is 1.19 bits per heavy atom. The quantitative estimate of drug-likeness (QED) is 0.766. The number of hydrogen-bond donors (Lipinski definition) is 0. The second-order valence-corrected chi connectivity index (χ2v) is 7.34. The van der Waals surface area contributed by atoms with Gasteiger partial charge in [0, 0.05) is 52.8 Å². The van der Waals surface area contributed by atoms with Crippen LogP contribution in [0.1, 0.15) is 18.9 Å². The van der Waals surface area contributed by atoms with E-state index in [0.717, 1.165) is 32.7 Å². The van der Waals surface area contributed by atoms with E-state index in [4.69, 9.17) is 4.74 Å². The summed E-state index contributed by atoms with van der Waals surface area (Å²) < 4.78 is 5.14. The van der Waals surface area contributed by atoms with Crippen LogP contribution in [0.2, 0.25) is 0 Å². The molecular formula is C20H29N3O3. The molecule has 1 aromatic rings. The Hall–Kier alpha value is -1.92. The van der Waals surface area contributed by atoms with Crippen molar-refractivity contribution in [2.75, 3.05) is 46.4 Å².